The Morgan fingerprint density at radius 2 is 1.87 bits per heavy atom. The molecular weight excluding hydrogens is 327 g/mol. The number of rotatable bonds is 6. The summed E-state index contributed by atoms with van der Waals surface area (Å²) in [5.74, 6) is -0.701. The molecule has 2 aromatic rings. The fraction of sp³-hybridized carbons (Fsp3) is 0.286. The van der Waals surface area contributed by atoms with E-state index in [0.29, 0.717) is 0 Å². The van der Waals surface area contributed by atoms with E-state index in [9.17, 15) is 9.18 Å². The molecule has 0 aliphatic rings. The van der Waals surface area contributed by atoms with Gasteiger partial charge >= 0.3 is 12.0 Å². The van der Waals surface area contributed by atoms with Gasteiger partial charge in [-0.25, -0.2) is 4.39 Å². The third-order valence-electron chi connectivity index (χ3n) is 2.85. The van der Waals surface area contributed by atoms with Gasteiger partial charge in [-0.2, -0.15) is 9.97 Å². The second kappa shape index (κ2) is 7.68. The Balaban J connectivity index is 2.02. The maximum absolute atomic E-state index is 13.6. The van der Waals surface area contributed by atoms with Gasteiger partial charge < -0.3 is 14.8 Å². The van der Waals surface area contributed by atoms with Crippen LogP contribution in [0.15, 0.2) is 18.2 Å². The monoisotopic (exact) mass is 340 g/mol. The van der Waals surface area contributed by atoms with Crippen LogP contribution in [-0.4, -0.2) is 35.1 Å². The van der Waals surface area contributed by atoms with Gasteiger partial charge in [-0.3, -0.25) is 4.79 Å². The highest BCUT2D eigenvalue weighted by Gasteiger charge is 2.13. The minimum atomic E-state index is -0.531. The predicted octanol–water partition coefficient (Wildman–Crippen LogP) is 1.54. The lowest BCUT2D eigenvalue weighted by Gasteiger charge is -2.08. The summed E-state index contributed by atoms with van der Waals surface area (Å²) in [6.07, 6.45) is -0.190. The number of hydrogen-bond donors (Lipinski definition) is 1. The molecule has 7 nitrogen and oxygen atoms in total. The van der Waals surface area contributed by atoms with Gasteiger partial charge in [0.1, 0.15) is 5.82 Å². The molecule has 1 amide bonds. The van der Waals surface area contributed by atoms with Gasteiger partial charge in [-0.15, -0.1) is 4.98 Å². The second-order valence-corrected chi connectivity index (χ2v) is 4.79. The van der Waals surface area contributed by atoms with Gasteiger partial charge in [0.25, 0.3) is 0 Å². The summed E-state index contributed by atoms with van der Waals surface area (Å²) in [6, 6.07) is 4.38. The molecule has 0 aliphatic carbocycles. The van der Waals surface area contributed by atoms with Gasteiger partial charge in [0.05, 0.1) is 27.2 Å². The van der Waals surface area contributed by atoms with Crippen LogP contribution < -0.4 is 14.8 Å². The number of carbonyl (C=O) groups is 1. The third-order valence-corrected chi connectivity index (χ3v) is 3.20. The van der Waals surface area contributed by atoms with Gasteiger partial charge in [-0.05, 0) is 12.1 Å². The Morgan fingerprint density at radius 3 is 2.43 bits per heavy atom. The van der Waals surface area contributed by atoms with Crippen molar-refractivity contribution in [1.29, 1.82) is 0 Å². The van der Waals surface area contributed by atoms with Crippen LogP contribution in [-0.2, 0) is 17.8 Å². The first-order valence-electron chi connectivity index (χ1n) is 6.56. The van der Waals surface area contributed by atoms with Crippen LogP contribution in [0.1, 0.15) is 11.4 Å². The number of halogens is 2. The van der Waals surface area contributed by atoms with Crippen molar-refractivity contribution in [3.63, 3.8) is 0 Å². The molecule has 0 atom stereocenters. The van der Waals surface area contributed by atoms with Gasteiger partial charge in [0, 0.05) is 10.6 Å². The third kappa shape index (κ3) is 4.49. The Labute approximate surface area is 136 Å². The van der Waals surface area contributed by atoms with Crippen molar-refractivity contribution in [3.05, 3.63) is 40.4 Å². The molecule has 0 aliphatic heterocycles. The zero-order valence-electron chi connectivity index (χ0n) is 12.5. The summed E-state index contributed by atoms with van der Waals surface area (Å²) in [5, 5.41) is 2.77. The second-order valence-electron chi connectivity index (χ2n) is 4.38. The minimum Gasteiger partial charge on any atom is -0.467 e. The Kier molecular flexibility index (Phi) is 5.64. The molecule has 23 heavy (non-hydrogen) atoms. The molecule has 1 aromatic heterocycles. The topological polar surface area (TPSA) is 86.2 Å². The number of aromatic nitrogens is 3. The Morgan fingerprint density at radius 1 is 1.22 bits per heavy atom. The summed E-state index contributed by atoms with van der Waals surface area (Å²) in [7, 11) is 2.80. The molecule has 0 saturated heterocycles. The van der Waals surface area contributed by atoms with E-state index >= 15 is 0 Å². The maximum Gasteiger partial charge on any atom is 0.322 e. The largest absolute Gasteiger partial charge is 0.467 e. The lowest BCUT2D eigenvalue weighted by molar-refractivity contribution is -0.120. The molecule has 0 unspecified atom stereocenters. The molecule has 0 bridgehead atoms. The first-order chi connectivity index (χ1) is 11.0. The van der Waals surface area contributed by atoms with E-state index in [1.54, 1.807) is 0 Å². The molecule has 0 fully saturated rings. The van der Waals surface area contributed by atoms with E-state index in [4.69, 9.17) is 21.1 Å². The highest BCUT2D eigenvalue weighted by molar-refractivity contribution is 6.31. The van der Waals surface area contributed by atoms with Crippen LogP contribution in [0.25, 0.3) is 0 Å². The summed E-state index contributed by atoms with van der Waals surface area (Å²) in [6.45, 7) is 0.0140. The van der Waals surface area contributed by atoms with E-state index in [2.05, 4.69) is 20.3 Å². The van der Waals surface area contributed by atoms with E-state index in [0.717, 1.165) is 0 Å². The van der Waals surface area contributed by atoms with Gasteiger partial charge in [0.2, 0.25) is 5.91 Å². The van der Waals surface area contributed by atoms with Crippen LogP contribution in [0.3, 0.4) is 0 Å². The molecule has 1 N–H and O–H groups in total. The number of nitrogens with zero attached hydrogens (tertiary/aromatic N) is 3. The number of nitrogens with one attached hydrogen (secondary N) is 1. The average Bonchev–Trinajstić information content (AvgIpc) is 2.56. The molecule has 0 radical (unpaired) electrons. The quantitative estimate of drug-likeness (QED) is 0.858. The molecule has 2 rings (SSSR count). The van der Waals surface area contributed by atoms with Gasteiger partial charge in [-0.1, -0.05) is 17.7 Å². The van der Waals surface area contributed by atoms with Crippen molar-refractivity contribution in [2.45, 2.75) is 13.0 Å². The minimum absolute atomic E-state index is 0.0140. The van der Waals surface area contributed by atoms with Crippen molar-refractivity contribution in [3.8, 4) is 12.0 Å². The van der Waals surface area contributed by atoms with E-state index in [1.165, 1.54) is 32.4 Å². The Hall–Kier alpha value is -2.48. The zero-order valence-corrected chi connectivity index (χ0v) is 13.2. The number of carbonyl (C=O) groups excluding carboxylic acids is 1. The number of ether oxygens (including phenoxy) is 2. The van der Waals surface area contributed by atoms with Crippen molar-refractivity contribution in [2.24, 2.45) is 0 Å². The molecule has 122 valence electrons. The fourth-order valence-electron chi connectivity index (χ4n) is 1.74. The molecule has 0 spiro atoms. The normalized spacial score (nSPS) is 10.3. The molecule has 1 aromatic carbocycles. The predicted molar refractivity (Wildman–Crippen MR) is 79.9 cm³/mol. The number of benzene rings is 1. The zero-order chi connectivity index (χ0) is 16.8. The van der Waals surface area contributed by atoms with Crippen LogP contribution >= 0.6 is 11.6 Å². The van der Waals surface area contributed by atoms with Crippen molar-refractivity contribution < 1.29 is 18.7 Å². The van der Waals surface area contributed by atoms with Crippen LogP contribution in [0.2, 0.25) is 5.02 Å². The van der Waals surface area contributed by atoms with Crippen LogP contribution in [0, 0.1) is 5.82 Å². The van der Waals surface area contributed by atoms with Crippen LogP contribution in [0.4, 0.5) is 4.39 Å². The smallest absolute Gasteiger partial charge is 0.322 e. The van der Waals surface area contributed by atoms with E-state index in [-0.39, 0.29) is 41.4 Å². The lowest BCUT2D eigenvalue weighted by Crippen LogP contribution is -2.26. The molecule has 1 heterocycles. The van der Waals surface area contributed by atoms with E-state index < -0.39 is 11.7 Å². The highest BCUT2D eigenvalue weighted by Crippen LogP contribution is 2.19. The highest BCUT2D eigenvalue weighted by atomic mass is 35.5. The average molecular weight is 341 g/mol. The molecule has 0 saturated carbocycles. The van der Waals surface area contributed by atoms with E-state index in [1.807, 2.05) is 0 Å². The van der Waals surface area contributed by atoms with Crippen molar-refractivity contribution in [2.75, 3.05) is 14.2 Å². The summed E-state index contributed by atoms with van der Waals surface area (Å²) in [5.41, 5.74) is 0.137. The Bertz CT molecular complexity index is 672. The standard InChI is InChI=1S/C14H14ClFN4O3/c1-22-13-18-11(19-14(20-13)23-2)7-17-12(21)6-8-9(15)4-3-5-10(8)16/h3-5H,6-7H2,1-2H3,(H,17,21). The number of amides is 1. The molecule has 9 heteroatoms. The molecular formula is C14H14ClFN4O3. The number of hydrogen-bond acceptors (Lipinski definition) is 6. The first kappa shape index (κ1) is 16.9. The lowest BCUT2D eigenvalue weighted by atomic mass is 10.1. The summed E-state index contributed by atoms with van der Waals surface area (Å²) < 4.78 is 23.5. The van der Waals surface area contributed by atoms with Crippen LogP contribution in [0.5, 0.6) is 12.0 Å². The SMILES string of the molecule is COc1nc(CNC(=O)Cc2c(F)cccc2Cl)nc(OC)n1. The fourth-order valence-corrected chi connectivity index (χ4v) is 1.97. The van der Waals surface area contributed by atoms with Crippen molar-refractivity contribution in [1.82, 2.24) is 20.3 Å². The summed E-state index contributed by atoms with van der Waals surface area (Å²) in [4.78, 5) is 23.7. The summed E-state index contributed by atoms with van der Waals surface area (Å²) >= 11 is 5.88. The van der Waals surface area contributed by atoms with Gasteiger partial charge in [0.15, 0.2) is 5.82 Å². The number of methoxy groups -OCH3 is 2. The first-order valence-corrected chi connectivity index (χ1v) is 6.93. The maximum atomic E-state index is 13.6. The van der Waals surface area contributed by atoms with Crippen molar-refractivity contribution >= 4 is 17.5 Å².